The predicted octanol–water partition coefficient (Wildman–Crippen LogP) is 4.69. The second-order valence-electron chi connectivity index (χ2n) is 6.86. The van der Waals surface area contributed by atoms with Crippen LogP contribution in [0.5, 0.6) is 11.5 Å². The number of rotatable bonds is 3. The summed E-state index contributed by atoms with van der Waals surface area (Å²) in [6.07, 6.45) is -5.29. The quantitative estimate of drug-likeness (QED) is 0.582. The molecule has 3 aromatic rings. The highest BCUT2D eigenvalue weighted by Crippen LogP contribution is 2.42. The Morgan fingerprint density at radius 2 is 1.94 bits per heavy atom. The van der Waals surface area contributed by atoms with Gasteiger partial charge < -0.3 is 14.6 Å². The molecule has 2 heterocycles. The van der Waals surface area contributed by atoms with Gasteiger partial charge in [0.05, 0.1) is 34.6 Å². The molecule has 0 amide bonds. The van der Waals surface area contributed by atoms with Crippen LogP contribution in [0.2, 0.25) is 5.02 Å². The molecular formula is C21H15ClF3NO5. The fraction of sp³-hybridized carbons (Fsp3) is 0.238. The topological polar surface area (TPSA) is 77.8 Å². The van der Waals surface area contributed by atoms with Crippen LogP contribution in [0.4, 0.5) is 13.2 Å². The Kier molecular flexibility index (Phi) is 5.09. The van der Waals surface area contributed by atoms with Gasteiger partial charge >= 0.3 is 12.1 Å². The molecule has 1 aliphatic heterocycles. The zero-order valence-electron chi connectivity index (χ0n) is 16.0. The molecule has 0 spiro atoms. The Morgan fingerprint density at radius 3 is 2.55 bits per heavy atom. The summed E-state index contributed by atoms with van der Waals surface area (Å²) in [5.41, 5.74) is -1.60. The summed E-state index contributed by atoms with van der Waals surface area (Å²) >= 11 is 6.22. The summed E-state index contributed by atoms with van der Waals surface area (Å²) in [6.45, 7) is 1.43. The molecule has 0 radical (unpaired) electrons. The van der Waals surface area contributed by atoms with Crippen molar-refractivity contribution < 1.29 is 32.5 Å². The maximum absolute atomic E-state index is 13.1. The summed E-state index contributed by atoms with van der Waals surface area (Å²) in [5, 5.41) is 10.7. The highest BCUT2D eigenvalue weighted by Gasteiger charge is 2.33. The number of alkyl halides is 3. The number of esters is 1. The number of carbonyl (C=O) groups excluding carboxylic acids is 1. The minimum Gasteiger partial charge on any atom is -0.506 e. The van der Waals surface area contributed by atoms with Crippen molar-refractivity contribution in [2.45, 2.75) is 25.7 Å². The van der Waals surface area contributed by atoms with Crippen molar-refractivity contribution >= 4 is 28.5 Å². The molecule has 1 atom stereocenters. The zero-order valence-corrected chi connectivity index (χ0v) is 16.8. The predicted molar refractivity (Wildman–Crippen MR) is 106 cm³/mol. The van der Waals surface area contributed by atoms with E-state index in [-0.39, 0.29) is 34.8 Å². The van der Waals surface area contributed by atoms with E-state index in [0.717, 1.165) is 12.1 Å². The first-order chi connectivity index (χ1) is 14.6. The van der Waals surface area contributed by atoms with Crippen molar-refractivity contribution in [2.75, 3.05) is 6.61 Å². The second kappa shape index (κ2) is 7.49. The van der Waals surface area contributed by atoms with Gasteiger partial charge in [0.15, 0.2) is 5.56 Å². The van der Waals surface area contributed by atoms with Gasteiger partial charge in [-0.05, 0) is 36.8 Å². The van der Waals surface area contributed by atoms with Gasteiger partial charge in [0.25, 0.3) is 5.56 Å². The van der Waals surface area contributed by atoms with Gasteiger partial charge in [-0.25, -0.2) is 4.79 Å². The summed E-state index contributed by atoms with van der Waals surface area (Å²) in [7, 11) is 0. The van der Waals surface area contributed by atoms with Crippen molar-refractivity contribution in [2.24, 2.45) is 0 Å². The van der Waals surface area contributed by atoms with Gasteiger partial charge in [0, 0.05) is 0 Å². The smallest absolute Gasteiger partial charge is 0.416 e. The molecule has 1 N–H and O–H groups in total. The summed E-state index contributed by atoms with van der Waals surface area (Å²) in [4.78, 5) is 25.4. The van der Waals surface area contributed by atoms with E-state index < -0.39 is 40.7 Å². The number of carbonyl (C=O) groups is 1. The molecule has 0 saturated carbocycles. The Morgan fingerprint density at radius 1 is 1.26 bits per heavy atom. The van der Waals surface area contributed by atoms with Crippen LogP contribution in [0.25, 0.3) is 10.9 Å². The molecule has 1 aliphatic rings. The van der Waals surface area contributed by atoms with E-state index in [0.29, 0.717) is 5.56 Å². The molecule has 162 valence electrons. The molecule has 1 aromatic heterocycles. The van der Waals surface area contributed by atoms with E-state index in [4.69, 9.17) is 21.1 Å². The minimum absolute atomic E-state index is 0.0131. The third kappa shape index (κ3) is 3.48. The van der Waals surface area contributed by atoms with Gasteiger partial charge in [0.2, 0.25) is 0 Å². The van der Waals surface area contributed by atoms with Gasteiger partial charge in [-0.15, -0.1) is 0 Å². The van der Waals surface area contributed by atoms with E-state index in [1.807, 2.05) is 0 Å². The monoisotopic (exact) mass is 453 g/mol. The van der Waals surface area contributed by atoms with Crippen molar-refractivity contribution in [1.82, 2.24) is 4.57 Å². The maximum Gasteiger partial charge on any atom is 0.416 e. The normalized spacial score (nSPS) is 15.6. The van der Waals surface area contributed by atoms with E-state index in [9.17, 15) is 27.9 Å². The summed E-state index contributed by atoms with van der Waals surface area (Å²) in [5.74, 6) is -1.42. The molecule has 4 rings (SSSR count). The average molecular weight is 454 g/mol. The number of aromatic nitrogens is 1. The first kappa shape index (κ1) is 21.0. The van der Waals surface area contributed by atoms with Crippen LogP contribution in [0.15, 0.2) is 41.2 Å². The first-order valence-electron chi connectivity index (χ1n) is 9.22. The largest absolute Gasteiger partial charge is 0.506 e. The Balaban J connectivity index is 1.87. The fourth-order valence-corrected chi connectivity index (χ4v) is 3.82. The van der Waals surface area contributed by atoms with E-state index >= 15 is 0 Å². The molecular weight excluding hydrogens is 439 g/mol. The highest BCUT2D eigenvalue weighted by molar-refractivity contribution is 6.36. The SMILES string of the molecule is CCOC(=O)c1c(O)c2c(Cl)ccc3c2n(c1=O)CC(c1ccc(C(F)(F)F)cc1)O3. The molecule has 10 heteroatoms. The third-order valence-corrected chi connectivity index (χ3v) is 5.31. The third-order valence-electron chi connectivity index (χ3n) is 5.00. The molecule has 0 fully saturated rings. The van der Waals surface area contributed by atoms with Crippen LogP contribution in [-0.4, -0.2) is 22.2 Å². The van der Waals surface area contributed by atoms with Crippen molar-refractivity contribution in [1.29, 1.82) is 0 Å². The van der Waals surface area contributed by atoms with E-state index in [1.54, 1.807) is 6.92 Å². The molecule has 6 nitrogen and oxygen atoms in total. The van der Waals surface area contributed by atoms with Gasteiger partial charge in [-0.2, -0.15) is 13.2 Å². The van der Waals surface area contributed by atoms with Crippen LogP contribution in [0.3, 0.4) is 0 Å². The van der Waals surface area contributed by atoms with Gasteiger partial charge in [0.1, 0.15) is 17.6 Å². The number of benzene rings is 2. The van der Waals surface area contributed by atoms with Crippen LogP contribution in [-0.2, 0) is 17.5 Å². The van der Waals surface area contributed by atoms with Crippen LogP contribution >= 0.6 is 11.6 Å². The second-order valence-corrected chi connectivity index (χ2v) is 7.26. The summed E-state index contributed by atoms with van der Waals surface area (Å²) in [6, 6.07) is 7.30. The Bertz CT molecular complexity index is 1250. The van der Waals surface area contributed by atoms with E-state index in [1.165, 1.54) is 28.8 Å². The molecule has 0 saturated heterocycles. The lowest BCUT2D eigenvalue weighted by Gasteiger charge is -2.29. The lowest BCUT2D eigenvalue weighted by atomic mass is 10.0. The number of halogens is 4. The Hall–Kier alpha value is -3.20. The van der Waals surface area contributed by atoms with Crippen LogP contribution in [0, 0.1) is 0 Å². The first-order valence-corrected chi connectivity index (χ1v) is 9.60. The molecule has 1 unspecified atom stereocenters. The average Bonchev–Trinajstić information content (AvgIpc) is 2.72. The molecule has 0 aliphatic carbocycles. The number of pyridine rings is 1. The maximum atomic E-state index is 13.1. The Labute approximate surface area is 178 Å². The standard InChI is InChI=1S/C21H15ClF3NO5/c1-2-30-20(29)16-18(27)15-12(22)7-8-13-17(15)26(19(16)28)9-14(31-13)10-3-5-11(6-4-10)21(23,24)25/h3-8,14,27H,2,9H2,1H3. The van der Waals surface area contributed by atoms with Crippen molar-refractivity contribution in [3.8, 4) is 11.5 Å². The minimum atomic E-state index is -4.48. The highest BCUT2D eigenvalue weighted by atomic mass is 35.5. The molecule has 0 bridgehead atoms. The number of ether oxygens (including phenoxy) is 2. The van der Waals surface area contributed by atoms with Crippen LogP contribution < -0.4 is 10.3 Å². The van der Waals surface area contributed by atoms with Gasteiger partial charge in [-0.1, -0.05) is 23.7 Å². The molecule has 2 aromatic carbocycles. The lowest BCUT2D eigenvalue weighted by molar-refractivity contribution is -0.137. The summed E-state index contributed by atoms with van der Waals surface area (Å²) < 4.78 is 50.6. The van der Waals surface area contributed by atoms with E-state index in [2.05, 4.69) is 0 Å². The number of hydrogen-bond acceptors (Lipinski definition) is 5. The fourth-order valence-electron chi connectivity index (χ4n) is 3.58. The number of nitrogens with zero attached hydrogens (tertiary/aromatic N) is 1. The van der Waals surface area contributed by atoms with Crippen molar-refractivity contribution in [3.05, 3.63) is 68.5 Å². The van der Waals surface area contributed by atoms with Gasteiger partial charge in [-0.3, -0.25) is 9.36 Å². The van der Waals surface area contributed by atoms with Crippen molar-refractivity contribution in [3.63, 3.8) is 0 Å². The lowest BCUT2D eigenvalue weighted by Crippen LogP contribution is -2.33. The number of hydrogen-bond donors (Lipinski definition) is 1. The molecule has 31 heavy (non-hydrogen) atoms. The number of aromatic hydroxyl groups is 1. The van der Waals surface area contributed by atoms with Crippen LogP contribution in [0.1, 0.15) is 34.5 Å². The zero-order chi connectivity index (χ0) is 22.5.